The third-order valence-corrected chi connectivity index (χ3v) is 5.87. The van der Waals surface area contributed by atoms with E-state index in [-0.39, 0.29) is 18.3 Å². The van der Waals surface area contributed by atoms with Gasteiger partial charge in [0.25, 0.3) is 5.91 Å². The molecule has 1 atom stereocenters. The summed E-state index contributed by atoms with van der Waals surface area (Å²) < 4.78 is 10.4. The lowest BCUT2D eigenvalue weighted by atomic mass is 9.95. The predicted octanol–water partition coefficient (Wildman–Crippen LogP) is 4.06. The van der Waals surface area contributed by atoms with Gasteiger partial charge >= 0.3 is 5.97 Å². The number of benzene rings is 1. The van der Waals surface area contributed by atoms with E-state index in [4.69, 9.17) is 9.47 Å². The average molecular weight is 388 g/mol. The SMILES string of the molecule is CCOC(=O)CC(NC(=O)c1csc2c1CCCC2)c1cccc(OC)c1. The maximum atomic E-state index is 13.0. The average Bonchev–Trinajstić information content (AvgIpc) is 3.12. The molecule has 0 saturated heterocycles. The summed E-state index contributed by atoms with van der Waals surface area (Å²) in [6.07, 6.45) is 4.38. The van der Waals surface area contributed by atoms with Crippen LogP contribution in [0.5, 0.6) is 5.75 Å². The molecule has 2 aromatic rings. The summed E-state index contributed by atoms with van der Waals surface area (Å²) in [6.45, 7) is 2.09. The van der Waals surface area contributed by atoms with Crippen molar-refractivity contribution in [2.45, 2.75) is 45.1 Å². The van der Waals surface area contributed by atoms with E-state index in [2.05, 4.69) is 5.32 Å². The Morgan fingerprint density at radius 2 is 2.07 bits per heavy atom. The van der Waals surface area contributed by atoms with E-state index in [1.54, 1.807) is 25.4 Å². The maximum Gasteiger partial charge on any atom is 0.308 e. The van der Waals surface area contributed by atoms with Gasteiger partial charge in [-0.1, -0.05) is 12.1 Å². The number of thiophene rings is 1. The molecule has 1 N–H and O–H groups in total. The van der Waals surface area contributed by atoms with E-state index in [0.717, 1.165) is 30.4 Å². The number of aryl methyl sites for hydroxylation is 1. The van der Waals surface area contributed by atoms with Crippen molar-refractivity contribution in [2.24, 2.45) is 0 Å². The smallest absolute Gasteiger partial charge is 0.308 e. The molecule has 144 valence electrons. The van der Waals surface area contributed by atoms with E-state index >= 15 is 0 Å². The second-order valence-corrected chi connectivity index (χ2v) is 7.53. The molecule has 0 radical (unpaired) electrons. The summed E-state index contributed by atoms with van der Waals surface area (Å²) >= 11 is 1.66. The molecule has 5 nitrogen and oxygen atoms in total. The minimum atomic E-state index is -0.467. The van der Waals surface area contributed by atoms with Gasteiger partial charge in [0.05, 0.1) is 31.7 Å². The van der Waals surface area contributed by atoms with Crippen molar-refractivity contribution in [1.82, 2.24) is 5.32 Å². The molecular formula is C21H25NO4S. The largest absolute Gasteiger partial charge is 0.497 e. The molecule has 27 heavy (non-hydrogen) atoms. The molecule has 0 saturated carbocycles. The van der Waals surface area contributed by atoms with Crippen molar-refractivity contribution < 1.29 is 19.1 Å². The minimum absolute atomic E-state index is 0.0824. The first-order valence-corrected chi connectivity index (χ1v) is 10.2. The zero-order valence-electron chi connectivity index (χ0n) is 15.7. The van der Waals surface area contributed by atoms with Crippen LogP contribution in [0.15, 0.2) is 29.6 Å². The number of rotatable bonds is 7. The topological polar surface area (TPSA) is 64.6 Å². The van der Waals surface area contributed by atoms with Crippen molar-refractivity contribution in [3.8, 4) is 5.75 Å². The van der Waals surface area contributed by atoms with Crippen LogP contribution in [0.2, 0.25) is 0 Å². The summed E-state index contributed by atoms with van der Waals surface area (Å²) in [5.74, 6) is 0.216. The van der Waals surface area contributed by atoms with E-state index in [0.29, 0.717) is 12.4 Å². The van der Waals surface area contributed by atoms with Crippen LogP contribution >= 0.6 is 11.3 Å². The molecule has 0 spiro atoms. The van der Waals surface area contributed by atoms with Crippen molar-refractivity contribution in [3.63, 3.8) is 0 Å². The van der Waals surface area contributed by atoms with Crippen LogP contribution in [-0.2, 0) is 22.4 Å². The molecule has 1 aromatic heterocycles. The number of hydrogen-bond donors (Lipinski definition) is 1. The highest BCUT2D eigenvalue weighted by Crippen LogP contribution is 2.31. The van der Waals surface area contributed by atoms with Gasteiger partial charge in [0.2, 0.25) is 0 Å². The van der Waals surface area contributed by atoms with Gasteiger partial charge in [0.1, 0.15) is 5.75 Å². The first kappa shape index (κ1) is 19.4. The molecule has 0 fully saturated rings. The van der Waals surface area contributed by atoms with Crippen molar-refractivity contribution in [2.75, 3.05) is 13.7 Å². The number of methoxy groups -OCH3 is 1. The second-order valence-electron chi connectivity index (χ2n) is 6.57. The number of esters is 1. The van der Waals surface area contributed by atoms with Gasteiger partial charge in [-0.15, -0.1) is 11.3 Å². The Kier molecular flexibility index (Phi) is 6.50. The van der Waals surface area contributed by atoms with Crippen LogP contribution in [0.3, 0.4) is 0 Å². The molecule has 3 rings (SSSR count). The predicted molar refractivity (Wildman–Crippen MR) is 105 cm³/mol. The van der Waals surface area contributed by atoms with Crippen LogP contribution in [0.4, 0.5) is 0 Å². The van der Waals surface area contributed by atoms with Crippen LogP contribution in [0.1, 0.15) is 58.6 Å². The van der Waals surface area contributed by atoms with E-state index in [1.165, 1.54) is 16.9 Å². The minimum Gasteiger partial charge on any atom is -0.497 e. The van der Waals surface area contributed by atoms with Gasteiger partial charge in [-0.2, -0.15) is 0 Å². The van der Waals surface area contributed by atoms with Crippen LogP contribution < -0.4 is 10.1 Å². The van der Waals surface area contributed by atoms with Crippen LogP contribution in [0.25, 0.3) is 0 Å². The summed E-state index contributed by atoms with van der Waals surface area (Å²) in [6, 6.07) is 6.95. The molecular weight excluding hydrogens is 362 g/mol. The van der Waals surface area contributed by atoms with E-state index in [9.17, 15) is 9.59 Å². The summed E-state index contributed by atoms with van der Waals surface area (Å²) in [5, 5.41) is 4.98. The van der Waals surface area contributed by atoms with Gasteiger partial charge in [0, 0.05) is 10.3 Å². The molecule has 0 aliphatic heterocycles. The fourth-order valence-electron chi connectivity index (χ4n) is 3.42. The highest BCUT2D eigenvalue weighted by Gasteiger charge is 2.24. The monoisotopic (exact) mass is 387 g/mol. The molecule has 1 aliphatic carbocycles. The maximum absolute atomic E-state index is 13.0. The molecule has 0 bridgehead atoms. The molecule has 1 heterocycles. The van der Waals surface area contributed by atoms with Gasteiger partial charge < -0.3 is 14.8 Å². The highest BCUT2D eigenvalue weighted by molar-refractivity contribution is 7.10. The Balaban J connectivity index is 1.82. The Morgan fingerprint density at radius 3 is 2.85 bits per heavy atom. The molecule has 1 aliphatic rings. The first-order valence-electron chi connectivity index (χ1n) is 9.32. The van der Waals surface area contributed by atoms with E-state index < -0.39 is 6.04 Å². The number of carbonyl (C=O) groups excluding carboxylic acids is 2. The second kappa shape index (κ2) is 9.04. The normalized spacial score (nSPS) is 14.1. The fraction of sp³-hybridized carbons (Fsp3) is 0.429. The fourth-order valence-corrected chi connectivity index (χ4v) is 4.54. The van der Waals surface area contributed by atoms with Gasteiger partial charge in [-0.05, 0) is 55.9 Å². The standard InChI is InChI=1S/C21H25NO4S/c1-3-26-20(23)12-18(14-7-6-8-15(11-14)25-2)22-21(24)17-13-27-19-10-5-4-9-16(17)19/h6-8,11,13,18H,3-5,9-10,12H2,1-2H3,(H,22,24). The Bertz CT molecular complexity index is 814. The summed E-state index contributed by atoms with van der Waals surface area (Å²) in [5.41, 5.74) is 2.73. The van der Waals surface area contributed by atoms with Gasteiger partial charge in [-0.3, -0.25) is 9.59 Å². The molecule has 1 unspecified atom stereocenters. The van der Waals surface area contributed by atoms with Crippen molar-refractivity contribution >= 4 is 23.2 Å². The molecule has 6 heteroatoms. The molecule has 1 aromatic carbocycles. The lowest BCUT2D eigenvalue weighted by Crippen LogP contribution is -2.31. The van der Waals surface area contributed by atoms with Crippen molar-refractivity contribution in [1.29, 1.82) is 0 Å². The van der Waals surface area contributed by atoms with Crippen molar-refractivity contribution in [3.05, 3.63) is 51.2 Å². The number of amides is 1. The summed E-state index contributed by atoms with van der Waals surface area (Å²) in [4.78, 5) is 26.4. The molecule has 1 amide bonds. The number of fused-ring (bicyclic) bond motifs is 1. The number of ether oxygens (including phenoxy) is 2. The zero-order valence-corrected chi connectivity index (χ0v) is 16.6. The quantitative estimate of drug-likeness (QED) is 0.728. The Labute approximate surface area is 163 Å². The first-order chi connectivity index (χ1) is 13.1. The van der Waals surface area contributed by atoms with E-state index in [1.807, 2.05) is 29.6 Å². The third kappa shape index (κ3) is 4.69. The number of carbonyl (C=O) groups is 2. The summed E-state index contributed by atoms with van der Waals surface area (Å²) in [7, 11) is 1.59. The Hall–Kier alpha value is -2.34. The zero-order chi connectivity index (χ0) is 19.2. The lowest BCUT2D eigenvalue weighted by Gasteiger charge is -2.20. The third-order valence-electron chi connectivity index (χ3n) is 4.78. The number of nitrogens with one attached hydrogen (secondary N) is 1. The van der Waals surface area contributed by atoms with Gasteiger partial charge in [-0.25, -0.2) is 0 Å². The van der Waals surface area contributed by atoms with Crippen LogP contribution in [-0.4, -0.2) is 25.6 Å². The Morgan fingerprint density at radius 1 is 1.26 bits per heavy atom. The highest BCUT2D eigenvalue weighted by atomic mass is 32.1. The van der Waals surface area contributed by atoms with Crippen LogP contribution in [0, 0.1) is 0 Å². The van der Waals surface area contributed by atoms with Gasteiger partial charge in [0.15, 0.2) is 0 Å². The lowest BCUT2D eigenvalue weighted by molar-refractivity contribution is -0.143. The number of hydrogen-bond acceptors (Lipinski definition) is 5.